The first kappa shape index (κ1) is 25.2. The highest BCUT2D eigenvalue weighted by atomic mass is 19.1. The van der Waals surface area contributed by atoms with Gasteiger partial charge in [-0.05, 0) is 61.7 Å². The predicted molar refractivity (Wildman–Crippen MR) is 138 cm³/mol. The van der Waals surface area contributed by atoms with Crippen LogP contribution in [0.5, 0.6) is 5.75 Å². The fraction of sp³-hybridized carbons (Fsp3) is 0.400. The normalized spacial score (nSPS) is 18.5. The number of fused-ring (bicyclic) bond motifs is 1. The molecule has 0 fully saturated rings. The molecule has 3 aromatic carbocycles. The van der Waals surface area contributed by atoms with Crippen LogP contribution in [-0.2, 0) is 22.6 Å². The summed E-state index contributed by atoms with van der Waals surface area (Å²) in [7, 11) is 0. The molecular weight excluding hydrogens is 441 g/mol. The Morgan fingerprint density at radius 1 is 0.914 bits per heavy atom. The molecule has 0 saturated heterocycles. The molecule has 2 atom stereocenters. The molecule has 0 saturated carbocycles. The van der Waals surface area contributed by atoms with Crippen molar-refractivity contribution in [3.05, 3.63) is 95.3 Å². The highest BCUT2D eigenvalue weighted by molar-refractivity contribution is 5.54. The van der Waals surface area contributed by atoms with Crippen LogP contribution in [0, 0.1) is 5.82 Å². The van der Waals surface area contributed by atoms with E-state index in [-0.39, 0.29) is 18.0 Å². The van der Waals surface area contributed by atoms with Crippen molar-refractivity contribution in [2.75, 3.05) is 11.9 Å². The molecule has 5 heteroatoms. The number of halogens is 1. The first-order chi connectivity index (χ1) is 17.0. The maximum absolute atomic E-state index is 13.6. The lowest BCUT2D eigenvalue weighted by Crippen LogP contribution is -2.51. The van der Waals surface area contributed by atoms with Crippen molar-refractivity contribution in [1.29, 1.82) is 0 Å². The quantitative estimate of drug-likeness (QED) is 0.291. The number of anilines is 1. The Balaban J connectivity index is 1.58. The van der Waals surface area contributed by atoms with Crippen LogP contribution in [0.15, 0.2) is 72.8 Å². The van der Waals surface area contributed by atoms with Gasteiger partial charge in [-0.25, -0.2) is 4.39 Å². The van der Waals surface area contributed by atoms with Crippen LogP contribution in [0.1, 0.15) is 62.8 Å². The highest BCUT2D eigenvalue weighted by Crippen LogP contribution is 2.44. The second kappa shape index (κ2) is 11.7. The molecule has 1 aliphatic rings. The second-order valence-electron chi connectivity index (χ2n) is 9.66. The van der Waals surface area contributed by atoms with Crippen LogP contribution in [0.4, 0.5) is 10.1 Å². The van der Waals surface area contributed by atoms with Gasteiger partial charge in [0.25, 0.3) is 0 Å². The summed E-state index contributed by atoms with van der Waals surface area (Å²) >= 11 is 0. The van der Waals surface area contributed by atoms with Gasteiger partial charge < -0.3 is 19.5 Å². The van der Waals surface area contributed by atoms with Crippen molar-refractivity contribution in [1.82, 2.24) is 0 Å². The summed E-state index contributed by atoms with van der Waals surface area (Å²) in [6.07, 6.45) is 2.75. The van der Waals surface area contributed by atoms with E-state index in [1.807, 2.05) is 36.4 Å². The number of unbranched alkanes of at least 4 members (excludes halogenated alkanes) is 2. The topological polar surface area (TPSA) is 39.7 Å². The molecule has 35 heavy (non-hydrogen) atoms. The Hall–Kier alpha value is -2.89. The van der Waals surface area contributed by atoms with Gasteiger partial charge in [0.05, 0.1) is 6.61 Å². The Labute approximate surface area is 208 Å². The largest absolute Gasteiger partial charge is 0.485 e. The van der Waals surface area contributed by atoms with Crippen molar-refractivity contribution >= 4 is 5.69 Å². The van der Waals surface area contributed by atoms with E-state index in [0.717, 1.165) is 47.4 Å². The molecule has 4 rings (SSSR count). The Morgan fingerprint density at radius 3 is 2.49 bits per heavy atom. The van der Waals surface area contributed by atoms with E-state index in [4.69, 9.17) is 14.2 Å². The standard InChI is InChI=1S/C30H36FNO3/c1-4-5-9-17-33-29-28(34-21-22-11-7-6-8-12-22)26-19-25(15-16-27(26)35-30(29,2)3)32-20-23-13-10-14-24(31)18-23/h6-8,10-16,18-19,28-29,32H,4-5,9,17,20-21H2,1-3H3. The molecule has 186 valence electrons. The van der Waals surface area contributed by atoms with Crippen molar-refractivity contribution in [3.63, 3.8) is 0 Å². The van der Waals surface area contributed by atoms with E-state index in [1.165, 1.54) is 6.07 Å². The first-order valence-corrected chi connectivity index (χ1v) is 12.5. The SMILES string of the molecule is CCCCCOC1C(OCc2ccccc2)c2cc(NCc3cccc(F)c3)ccc2OC1(C)C. The summed E-state index contributed by atoms with van der Waals surface area (Å²) in [4.78, 5) is 0. The van der Waals surface area contributed by atoms with Gasteiger partial charge in [-0.3, -0.25) is 0 Å². The Kier molecular flexibility index (Phi) is 8.42. The average Bonchev–Trinajstić information content (AvgIpc) is 2.85. The maximum Gasteiger partial charge on any atom is 0.132 e. The van der Waals surface area contributed by atoms with Crippen LogP contribution in [0.2, 0.25) is 0 Å². The zero-order valence-corrected chi connectivity index (χ0v) is 20.9. The maximum atomic E-state index is 13.6. The Morgan fingerprint density at radius 2 is 1.71 bits per heavy atom. The minimum absolute atomic E-state index is 0.234. The molecule has 0 aliphatic carbocycles. The van der Waals surface area contributed by atoms with Crippen LogP contribution in [0.25, 0.3) is 0 Å². The molecule has 2 unspecified atom stereocenters. The molecule has 1 heterocycles. The number of hydrogen-bond acceptors (Lipinski definition) is 4. The summed E-state index contributed by atoms with van der Waals surface area (Å²) in [5.74, 6) is 0.570. The van der Waals surface area contributed by atoms with Gasteiger partial charge in [0, 0.05) is 24.4 Å². The molecule has 0 amide bonds. The van der Waals surface area contributed by atoms with Gasteiger partial charge >= 0.3 is 0 Å². The summed E-state index contributed by atoms with van der Waals surface area (Å²) in [5, 5.41) is 3.41. The Bertz CT molecular complexity index is 1090. The molecule has 0 radical (unpaired) electrons. The highest BCUT2D eigenvalue weighted by Gasteiger charge is 2.45. The fourth-order valence-electron chi connectivity index (χ4n) is 4.48. The molecule has 0 bridgehead atoms. The number of hydrogen-bond donors (Lipinski definition) is 1. The van der Waals surface area contributed by atoms with Crippen LogP contribution in [-0.4, -0.2) is 18.3 Å². The van der Waals surface area contributed by atoms with Gasteiger partial charge in [-0.15, -0.1) is 0 Å². The van der Waals surface area contributed by atoms with E-state index in [2.05, 4.69) is 44.3 Å². The molecule has 0 spiro atoms. The number of nitrogens with one attached hydrogen (secondary N) is 1. The summed E-state index contributed by atoms with van der Waals surface area (Å²) in [5.41, 5.74) is 3.34. The fourth-order valence-corrected chi connectivity index (χ4v) is 4.48. The van der Waals surface area contributed by atoms with Gasteiger partial charge in [0.1, 0.15) is 29.4 Å². The minimum atomic E-state index is -0.545. The average molecular weight is 478 g/mol. The van der Waals surface area contributed by atoms with E-state index >= 15 is 0 Å². The molecule has 1 N–H and O–H groups in total. The monoisotopic (exact) mass is 477 g/mol. The van der Waals surface area contributed by atoms with Crippen molar-refractivity contribution in [2.45, 2.75) is 71.0 Å². The van der Waals surface area contributed by atoms with E-state index in [1.54, 1.807) is 12.1 Å². The predicted octanol–water partition coefficient (Wildman–Crippen LogP) is 7.44. The lowest BCUT2D eigenvalue weighted by Gasteiger charge is -2.44. The number of ether oxygens (including phenoxy) is 3. The third-order valence-electron chi connectivity index (χ3n) is 6.35. The molecular formula is C30H36FNO3. The van der Waals surface area contributed by atoms with Crippen LogP contribution >= 0.6 is 0 Å². The van der Waals surface area contributed by atoms with E-state index in [0.29, 0.717) is 19.8 Å². The smallest absolute Gasteiger partial charge is 0.132 e. The molecule has 4 nitrogen and oxygen atoms in total. The van der Waals surface area contributed by atoms with E-state index < -0.39 is 5.60 Å². The minimum Gasteiger partial charge on any atom is -0.485 e. The summed E-state index contributed by atoms with van der Waals surface area (Å²) in [6, 6.07) is 22.9. The van der Waals surface area contributed by atoms with Crippen molar-refractivity contribution in [3.8, 4) is 5.75 Å². The lowest BCUT2D eigenvalue weighted by atomic mass is 9.87. The lowest BCUT2D eigenvalue weighted by molar-refractivity contribution is -0.166. The zero-order valence-electron chi connectivity index (χ0n) is 20.9. The van der Waals surface area contributed by atoms with Gasteiger partial charge in [-0.2, -0.15) is 0 Å². The van der Waals surface area contributed by atoms with E-state index in [9.17, 15) is 4.39 Å². The zero-order chi connectivity index (χ0) is 24.7. The number of rotatable bonds is 11. The van der Waals surface area contributed by atoms with Crippen molar-refractivity contribution in [2.24, 2.45) is 0 Å². The van der Waals surface area contributed by atoms with Gasteiger partial charge in [0.15, 0.2) is 0 Å². The molecule has 0 aromatic heterocycles. The second-order valence-corrected chi connectivity index (χ2v) is 9.66. The number of benzene rings is 3. The van der Waals surface area contributed by atoms with Crippen LogP contribution in [0.3, 0.4) is 0 Å². The van der Waals surface area contributed by atoms with Gasteiger partial charge in [0.2, 0.25) is 0 Å². The van der Waals surface area contributed by atoms with Crippen LogP contribution < -0.4 is 10.1 Å². The van der Waals surface area contributed by atoms with Gasteiger partial charge in [-0.1, -0.05) is 62.2 Å². The molecule has 3 aromatic rings. The summed E-state index contributed by atoms with van der Waals surface area (Å²) in [6.45, 7) is 7.99. The summed E-state index contributed by atoms with van der Waals surface area (Å²) < 4.78 is 33.0. The third-order valence-corrected chi connectivity index (χ3v) is 6.35. The molecule has 1 aliphatic heterocycles. The first-order valence-electron chi connectivity index (χ1n) is 12.5. The third kappa shape index (κ3) is 6.62. The van der Waals surface area contributed by atoms with Crippen molar-refractivity contribution < 1.29 is 18.6 Å².